The van der Waals surface area contributed by atoms with E-state index in [0.29, 0.717) is 17.1 Å². The van der Waals surface area contributed by atoms with Crippen molar-refractivity contribution >= 4 is 21.4 Å². The second-order valence-electron chi connectivity index (χ2n) is 7.54. The molecule has 5 rings (SSSR count). The van der Waals surface area contributed by atoms with E-state index in [-0.39, 0.29) is 4.90 Å². The Labute approximate surface area is 185 Å². The van der Waals surface area contributed by atoms with E-state index in [2.05, 4.69) is 9.71 Å². The molecule has 0 aliphatic heterocycles. The zero-order valence-corrected chi connectivity index (χ0v) is 18.3. The molecule has 0 aliphatic carbocycles. The largest absolute Gasteiger partial charge is 0.460 e. The first-order valence-corrected chi connectivity index (χ1v) is 11.5. The number of nitrogens with zero attached hydrogens (tertiary/aromatic N) is 3. The molecule has 2 aromatic carbocycles. The normalized spacial score (nSPS) is 11.7. The van der Waals surface area contributed by atoms with Gasteiger partial charge in [0.05, 0.1) is 16.8 Å². The Morgan fingerprint density at radius 2 is 1.62 bits per heavy atom. The molecule has 0 unspecified atom stereocenters. The van der Waals surface area contributed by atoms with E-state index in [9.17, 15) is 8.42 Å². The fourth-order valence-electron chi connectivity index (χ4n) is 3.41. The Morgan fingerprint density at radius 1 is 0.875 bits per heavy atom. The highest BCUT2D eigenvalue weighted by molar-refractivity contribution is 7.92. The highest BCUT2D eigenvalue weighted by atomic mass is 32.2. The van der Waals surface area contributed by atoms with Crippen LogP contribution in [0.5, 0.6) is 0 Å². The van der Waals surface area contributed by atoms with Gasteiger partial charge in [-0.3, -0.25) is 4.72 Å². The van der Waals surface area contributed by atoms with Crippen molar-refractivity contribution in [3.63, 3.8) is 0 Å². The van der Waals surface area contributed by atoms with Gasteiger partial charge in [-0.1, -0.05) is 29.8 Å². The van der Waals surface area contributed by atoms with Crippen LogP contribution in [-0.4, -0.2) is 23.0 Å². The lowest BCUT2D eigenvalue weighted by Crippen LogP contribution is -2.12. The first-order valence-electron chi connectivity index (χ1n) is 10.0. The van der Waals surface area contributed by atoms with Gasteiger partial charge in [0.1, 0.15) is 11.5 Å². The second-order valence-corrected chi connectivity index (χ2v) is 9.22. The number of aromatic nitrogens is 3. The first kappa shape index (κ1) is 20.0. The van der Waals surface area contributed by atoms with Gasteiger partial charge in [-0.05, 0) is 62.4 Å². The lowest BCUT2D eigenvalue weighted by atomic mass is 10.1. The molecule has 0 bridgehead atoms. The lowest BCUT2D eigenvalue weighted by molar-refractivity contribution is 0.544. The number of hydrogen-bond acceptors (Lipinski definition) is 5. The van der Waals surface area contributed by atoms with Crippen molar-refractivity contribution in [2.45, 2.75) is 18.7 Å². The summed E-state index contributed by atoms with van der Waals surface area (Å²) in [5.41, 5.74) is 4.52. The van der Waals surface area contributed by atoms with E-state index in [4.69, 9.17) is 9.52 Å². The Balaban J connectivity index is 1.43. The van der Waals surface area contributed by atoms with Crippen LogP contribution in [0.4, 0.5) is 5.69 Å². The van der Waals surface area contributed by atoms with Gasteiger partial charge in [-0.25, -0.2) is 17.9 Å². The highest BCUT2D eigenvalue weighted by Crippen LogP contribution is 2.26. The number of sulfonamides is 1. The molecule has 0 fully saturated rings. The minimum Gasteiger partial charge on any atom is -0.460 e. The maximum Gasteiger partial charge on any atom is 0.261 e. The lowest BCUT2D eigenvalue weighted by Gasteiger charge is -2.09. The van der Waals surface area contributed by atoms with Gasteiger partial charge in [0.15, 0.2) is 11.4 Å². The van der Waals surface area contributed by atoms with Crippen LogP contribution in [0.2, 0.25) is 0 Å². The molecule has 0 radical (unpaired) electrons. The minimum absolute atomic E-state index is 0.222. The van der Waals surface area contributed by atoms with Crippen molar-refractivity contribution in [1.29, 1.82) is 0 Å². The number of furan rings is 1. The van der Waals surface area contributed by atoms with Gasteiger partial charge < -0.3 is 4.42 Å². The van der Waals surface area contributed by atoms with E-state index in [0.717, 1.165) is 28.3 Å². The van der Waals surface area contributed by atoms with E-state index in [1.54, 1.807) is 47.1 Å². The van der Waals surface area contributed by atoms with Gasteiger partial charge in [-0.15, -0.1) is 0 Å². The summed E-state index contributed by atoms with van der Waals surface area (Å²) < 4.78 is 35.3. The summed E-state index contributed by atoms with van der Waals surface area (Å²) in [6.07, 6.45) is 1.73. The smallest absolute Gasteiger partial charge is 0.261 e. The van der Waals surface area contributed by atoms with Crippen LogP contribution < -0.4 is 4.72 Å². The van der Waals surface area contributed by atoms with Gasteiger partial charge in [-0.2, -0.15) is 5.10 Å². The molecular formula is C24H20N4O3S. The van der Waals surface area contributed by atoms with Crippen LogP contribution in [-0.2, 0) is 10.0 Å². The van der Waals surface area contributed by atoms with Crippen LogP contribution in [0, 0.1) is 13.8 Å². The summed E-state index contributed by atoms with van der Waals surface area (Å²) >= 11 is 0. The maximum absolute atomic E-state index is 12.6. The third-order valence-corrected chi connectivity index (χ3v) is 6.52. The highest BCUT2D eigenvalue weighted by Gasteiger charge is 2.15. The third kappa shape index (κ3) is 3.76. The summed E-state index contributed by atoms with van der Waals surface area (Å²) in [5.74, 6) is 1.51. The number of rotatable bonds is 5. The number of anilines is 1. The van der Waals surface area contributed by atoms with Gasteiger partial charge >= 0.3 is 0 Å². The third-order valence-electron chi connectivity index (χ3n) is 5.12. The number of fused-ring (bicyclic) bond motifs is 1. The Morgan fingerprint density at radius 3 is 2.31 bits per heavy atom. The zero-order chi connectivity index (χ0) is 22.3. The quantitative estimate of drug-likeness (QED) is 0.409. The van der Waals surface area contributed by atoms with Gasteiger partial charge in [0, 0.05) is 11.3 Å². The molecule has 160 valence electrons. The Hall–Kier alpha value is -3.91. The molecular weight excluding hydrogens is 424 g/mol. The average Bonchev–Trinajstić information content (AvgIpc) is 3.39. The van der Waals surface area contributed by atoms with Crippen molar-refractivity contribution < 1.29 is 12.8 Å². The molecule has 0 aliphatic rings. The van der Waals surface area contributed by atoms with Crippen molar-refractivity contribution in [1.82, 2.24) is 14.6 Å². The number of benzene rings is 2. The zero-order valence-electron chi connectivity index (χ0n) is 17.5. The van der Waals surface area contributed by atoms with Crippen molar-refractivity contribution in [3.8, 4) is 22.7 Å². The van der Waals surface area contributed by atoms with E-state index in [1.165, 1.54) is 0 Å². The molecule has 3 heterocycles. The summed E-state index contributed by atoms with van der Waals surface area (Å²) in [7, 11) is -3.65. The molecule has 1 N–H and O–H groups in total. The molecule has 3 aromatic heterocycles. The Bertz CT molecular complexity index is 1520. The van der Waals surface area contributed by atoms with Crippen LogP contribution in [0.15, 0.2) is 88.3 Å². The SMILES string of the molecule is Cc1ccc(S(=O)(=O)Nc2ccc(-c3ccc4ncc(-c5ccc(C)o5)n4n3)cc2)cc1. The number of hydrogen-bond donors (Lipinski definition) is 1. The van der Waals surface area contributed by atoms with Crippen LogP contribution in [0.1, 0.15) is 11.3 Å². The monoisotopic (exact) mass is 444 g/mol. The molecule has 0 spiro atoms. The van der Waals surface area contributed by atoms with Crippen LogP contribution in [0.3, 0.4) is 0 Å². The summed E-state index contributed by atoms with van der Waals surface area (Å²) in [6.45, 7) is 3.80. The molecule has 0 saturated heterocycles. The van der Waals surface area contributed by atoms with Crippen molar-refractivity contribution in [2.24, 2.45) is 0 Å². The Kier molecular flexibility index (Phi) is 4.79. The first-order chi connectivity index (χ1) is 15.4. The topological polar surface area (TPSA) is 89.5 Å². The number of nitrogens with one attached hydrogen (secondary N) is 1. The fraction of sp³-hybridized carbons (Fsp3) is 0.0833. The summed E-state index contributed by atoms with van der Waals surface area (Å²) in [4.78, 5) is 4.61. The van der Waals surface area contributed by atoms with Crippen molar-refractivity contribution in [2.75, 3.05) is 4.72 Å². The van der Waals surface area contributed by atoms with E-state index in [1.807, 2.05) is 50.2 Å². The summed E-state index contributed by atoms with van der Waals surface area (Å²) in [6, 6.07) is 21.4. The summed E-state index contributed by atoms with van der Waals surface area (Å²) in [5, 5.41) is 4.71. The van der Waals surface area contributed by atoms with Crippen LogP contribution in [0.25, 0.3) is 28.4 Å². The van der Waals surface area contributed by atoms with Gasteiger partial charge in [0.25, 0.3) is 10.0 Å². The molecule has 5 aromatic rings. The molecule has 0 amide bonds. The number of imidazole rings is 1. The standard InChI is InChI=1S/C24H20N4O3S/c1-16-3-10-20(11-4-16)32(29,30)27-19-8-6-18(7-9-19)21-12-14-24-25-15-22(28(24)26-21)23-13-5-17(2)31-23/h3-15,27H,1-2H3. The maximum atomic E-state index is 12.6. The molecule has 0 saturated carbocycles. The molecule has 7 nitrogen and oxygen atoms in total. The number of aryl methyl sites for hydroxylation is 2. The van der Waals surface area contributed by atoms with Crippen molar-refractivity contribution in [3.05, 3.63) is 90.3 Å². The van der Waals surface area contributed by atoms with Crippen LogP contribution >= 0.6 is 0 Å². The van der Waals surface area contributed by atoms with Gasteiger partial charge in [0.2, 0.25) is 0 Å². The minimum atomic E-state index is -3.65. The second kappa shape index (κ2) is 7.65. The van der Waals surface area contributed by atoms with E-state index >= 15 is 0 Å². The average molecular weight is 445 g/mol. The molecule has 32 heavy (non-hydrogen) atoms. The molecule has 8 heteroatoms. The predicted octanol–water partition coefficient (Wildman–Crippen LogP) is 5.07. The molecule has 0 atom stereocenters. The van der Waals surface area contributed by atoms with E-state index < -0.39 is 10.0 Å². The predicted molar refractivity (Wildman–Crippen MR) is 123 cm³/mol. The fourth-order valence-corrected chi connectivity index (χ4v) is 4.47.